The smallest absolute Gasteiger partial charge is 0.258 e. The van der Waals surface area contributed by atoms with Gasteiger partial charge in [0.25, 0.3) is 5.24 Å². The number of carbonyl (C=O) groups is 1. The fourth-order valence-electron chi connectivity index (χ4n) is 0.227. The molecule has 0 radical (unpaired) electrons. The molecule has 0 atom stereocenters. The fraction of sp³-hybridized carbons (Fsp3) is 0.800. The molecule has 0 spiro atoms. The second kappa shape index (κ2) is 3.09. The molecule has 0 N–H and O–H groups in total. The Morgan fingerprint density at radius 2 is 1.78 bits per heavy atom. The molecule has 0 saturated carbocycles. The molecule has 0 aliphatic carbocycles. The minimum atomic E-state index is -1.43. The Morgan fingerprint density at radius 3 is 1.78 bits per heavy atom. The van der Waals surface area contributed by atoms with E-state index in [0.717, 1.165) is 0 Å². The molecule has 1 nitrogen and oxygen atoms in total. The molecule has 0 bridgehead atoms. The zero-order valence-corrected chi connectivity index (χ0v) is 7.39. The number of hydrogen-bond acceptors (Lipinski definition) is 1. The molecule has 0 aromatic carbocycles. The van der Waals surface area contributed by atoms with Gasteiger partial charge >= 0.3 is 0 Å². The van der Waals surface area contributed by atoms with Gasteiger partial charge in [0.15, 0.2) is 4.33 Å². The molecule has 0 rings (SSSR count). The first-order valence-corrected chi connectivity index (χ1v) is 3.60. The molecule has 0 aromatic heterocycles. The van der Waals surface area contributed by atoms with Crippen LogP contribution in [0.15, 0.2) is 0 Å². The molecular formula is C5H7Cl3O. The lowest BCUT2D eigenvalue weighted by Gasteiger charge is -2.17. The van der Waals surface area contributed by atoms with E-state index >= 15 is 0 Å². The van der Waals surface area contributed by atoms with E-state index in [9.17, 15) is 4.79 Å². The lowest BCUT2D eigenvalue weighted by molar-refractivity contribution is -0.112. The van der Waals surface area contributed by atoms with E-state index in [-0.39, 0.29) is 5.92 Å². The molecule has 0 heterocycles. The van der Waals surface area contributed by atoms with Crippen molar-refractivity contribution >= 4 is 40.0 Å². The van der Waals surface area contributed by atoms with Crippen LogP contribution < -0.4 is 0 Å². The summed E-state index contributed by atoms with van der Waals surface area (Å²) in [4.78, 5) is 10.4. The average molecular weight is 189 g/mol. The summed E-state index contributed by atoms with van der Waals surface area (Å²) in [6, 6.07) is 0. The maximum absolute atomic E-state index is 10.4. The van der Waals surface area contributed by atoms with Gasteiger partial charge in [-0.05, 0) is 17.5 Å². The summed E-state index contributed by atoms with van der Waals surface area (Å²) in [5.74, 6) is -0.161. The van der Waals surface area contributed by atoms with E-state index in [1.54, 1.807) is 13.8 Å². The number of hydrogen-bond donors (Lipinski definition) is 0. The lowest BCUT2D eigenvalue weighted by Crippen LogP contribution is -2.27. The summed E-state index contributed by atoms with van der Waals surface area (Å²) in [5.41, 5.74) is 0. The quantitative estimate of drug-likeness (QED) is 0.482. The van der Waals surface area contributed by atoms with Crippen LogP contribution in [0, 0.1) is 5.92 Å². The molecule has 0 aromatic rings. The van der Waals surface area contributed by atoms with Crippen LogP contribution in [0.3, 0.4) is 0 Å². The summed E-state index contributed by atoms with van der Waals surface area (Å²) in [5, 5.41) is -0.721. The first-order chi connectivity index (χ1) is 3.89. The van der Waals surface area contributed by atoms with E-state index in [1.165, 1.54) is 0 Å². The molecule has 0 aliphatic rings. The van der Waals surface area contributed by atoms with Crippen LogP contribution in [0.2, 0.25) is 0 Å². The molecule has 0 unspecified atom stereocenters. The third-order valence-electron chi connectivity index (χ3n) is 0.987. The summed E-state index contributed by atoms with van der Waals surface area (Å²) in [6.07, 6.45) is 0. The number of alkyl halides is 2. The molecule has 4 heteroatoms. The van der Waals surface area contributed by atoms with Crippen LogP contribution in [-0.4, -0.2) is 9.58 Å². The van der Waals surface area contributed by atoms with Crippen molar-refractivity contribution in [3.63, 3.8) is 0 Å². The Bertz CT molecular complexity index is 119. The zero-order chi connectivity index (χ0) is 7.65. The van der Waals surface area contributed by atoms with Crippen LogP contribution >= 0.6 is 34.8 Å². The van der Waals surface area contributed by atoms with Gasteiger partial charge in [-0.3, -0.25) is 4.79 Å². The van der Waals surface area contributed by atoms with Gasteiger partial charge in [-0.25, -0.2) is 0 Å². The topological polar surface area (TPSA) is 17.1 Å². The Hall–Kier alpha value is 0.540. The third-order valence-corrected chi connectivity index (χ3v) is 2.69. The van der Waals surface area contributed by atoms with Gasteiger partial charge in [0.1, 0.15) is 0 Å². The van der Waals surface area contributed by atoms with E-state index in [1.807, 2.05) is 0 Å². The third kappa shape index (κ3) is 2.32. The molecule has 0 amide bonds. The summed E-state index contributed by atoms with van der Waals surface area (Å²) in [7, 11) is 0. The van der Waals surface area contributed by atoms with Crippen molar-refractivity contribution in [2.24, 2.45) is 5.92 Å². The maximum atomic E-state index is 10.4. The number of carbonyl (C=O) groups excluding carboxylic acids is 1. The molecule has 9 heavy (non-hydrogen) atoms. The van der Waals surface area contributed by atoms with Crippen LogP contribution in [-0.2, 0) is 4.79 Å². The van der Waals surface area contributed by atoms with E-state index in [0.29, 0.717) is 0 Å². The monoisotopic (exact) mass is 188 g/mol. The highest BCUT2D eigenvalue weighted by atomic mass is 35.5. The molecule has 0 aliphatic heterocycles. The van der Waals surface area contributed by atoms with E-state index < -0.39 is 9.58 Å². The van der Waals surface area contributed by atoms with E-state index in [2.05, 4.69) is 0 Å². The molecule has 54 valence electrons. The van der Waals surface area contributed by atoms with Crippen LogP contribution in [0.5, 0.6) is 0 Å². The Labute approximate surface area is 69.3 Å². The highest BCUT2D eigenvalue weighted by molar-refractivity contribution is 6.78. The van der Waals surface area contributed by atoms with Crippen LogP contribution in [0.1, 0.15) is 13.8 Å². The maximum Gasteiger partial charge on any atom is 0.258 e. The van der Waals surface area contributed by atoms with Crippen molar-refractivity contribution in [1.29, 1.82) is 0 Å². The lowest BCUT2D eigenvalue weighted by atomic mass is 10.1. The van der Waals surface area contributed by atoms with Gasteiger partial charge in [-0.15, -0.1) is 0 Å². The Kier molecular flexibility index (Phi) is 3.27. The zero-order valence-electron chi connectivity index (χ0n) is 5.12. The predicted molar refractivity (Wildman–Crippen MR) is 40.1 cm³/mol. The second-order valence-corrected chi connectivity index (χ2v) is 3.78. The summed E-state index contributed by atoms with van der Waals surface area (Å²) < 4.78 is -1.43. The van der Waals surface area contributed by atoms with Gasteiger partial charge < -0.3 is 0 Å². The SMILES string of the molecule is CC(C)C(Cl)(Cl)C(=O)Cl. The summed E-state index contributed by atoms with van der Waals surface area (Å²) in [6.45, 7) is 3.44. The highest BCUT2D eigenvalue weighted by Crippen LogP contribution is 2.32. The Balaban J connectivity index is 4.19. The largest absolute Gasteiger partial charge is 0.278 e. The van der Waals surface area contributed by atoms with Gasteiger partial charge in [-0.2, -0.15) is 0 Å². The van der Waals surface area contributed by atoms with E-state index in [4.69, 9.17) is 34.8 Å². The van der Waals surface area contributed by atoms with Crippen molar-refractivity contribution in [3.8, 4) is 0 Å². The van der Waals surface area contributed by atoms with Gasteiger partial charge in [0.05, 0.1) is 0 Å². The van der Waals surface area contributed by atoms with Crippen molar-refractivity contribution in [2.45, 2.75) is 18.2 Å². The van der Waals surface area contributed by atoms with Crippen molar-refractivity contribution in [1.82, 2.24) is 0 Å². The number of halogens is 3. The van der Waals surface area contributed by atoms with Crippen molar-refractivity contribution < 1.29 is 4.79 Å². The molecular weight excluding hydrogens is 182 g/mol. The van der Waals surface area contributed by atoms with Crippen LogP contribution in [0.25, 0.3) is 0 Å². The van der Waals surface area contributed by atoms with Crippen molar-refractivity contribution in [2.75, 3.05) is 0 Å². The Morgan fingerprint density at radius 1 is 1.44 bits per heavy atom. The molecule has 0 fully saturated rings. The van der Waals surface area contributed by atoms with Gasteiger partial charge in [0.2, 0.25) is 0 Å². The highest BCUT2D eigenvalue weighted by Gasteiger charge is 2.35. The van der Waals surface area contributed by atoms with Crippen LogP contribution in [0.4, 0.5) is 0 Å². The molecule has 0 saturated heterocycles. The summed E-state index contributed by atoms with van der Waals surface area (Å²) >= 11 is 16.0. The fourth-order valence-corrected chi connectivity index (χ4v) is 0.445. The van der Waals surface area contributed by atoms with Gasteiger partial charge in [0, 0.05) is 0 Å². The predicted octanol–water partition coefficient (Wildman–Crippen LogP) is 2.58. The number of rotatable bonds is 2. The second-order valence-electron chi connectivity index (χ2n) is 2.05. The van der Waals surface area contributed by atoms with Crippen molar-refractivity contribution in [3.05, 3.63) is 0 Å². The first-order valence-electron chi connectivity index (χ1n) is 2.46. The standard InChI is InChI=1S/C5H7Cl3O/c1-3(2)5(7,8)4(6)9/h3H,1-2H3. The normalized spacial score (nSPS) is 12.2. The average Bonchev–Trinajstić information content (AvgIpc) is 1.65. The van der Waals surface area contributed by atoms with Gasteiger partial charge in [-0.1, -0.05) is 37.0 Å². The minimum Gasteiger partial charge on any atom is -0.278 e. The minimum absolute atomic E-state index is 0.161. The first kappa shape index (κ1) is 9.54.